The molecule has 0 aliphatic heterocycles. The van der Waals surface area contributed by atoms with E-state index in [1.807, 2.05) is 27.7 Å². The minimum atomic E-state index is -0.486. The summed E-state index contributed by atoms with van der Waals surface area (Å²) in [7, 11) is 0. The third-order valence-electron chi connectivity index (χ3n) is 3.34. The molecule has 1 aromatic rings. The average molecular weight is 348 g/mol. The molecule has 0 saturated carbocycles. The minimum Gasteiger partial charge on any atom is -0.444 e. The van der Waals surface area contributed by atoms with Gasteiger partial charge in [-0.3, -0.25) is 0 Å². The maximum absolute atomic E-state index is 11.6. The van der Waals surface area contributed by atoms with Gasteiger partial charge in [-0.25, -0.2) is 9.79 Å². The summed E-state index contributed by atoms with van der Waals surface area (Å²) in [6, 6.07) is 6.38. The van der Waals surface area contributed by atoms with Crippen LogP contribution in [0.3, 0.4) is 0 Å². The lowest BCUT2D eigenvalue weighted by molar-refractivity contribution is 0.0529. The van der Waals surface area contributed by atoms with Gasteiger partial charge in [0.1, 0.15) is 5.60 Å². The van der Waals surface area contributed by atoms with Crippen molar-refractivity contribution in [1.82, 2.24) is 16.0 Å². The van der Waals surface area contributed by atoms with E-state index in [0.29, 0.717) is 19.6 Å². The van der Waals surface area contributed by atoms with Crippen LogP contribution in [0, 0.1) is 13.8 Å². The number of nitrogens with one attached hydrogen (secondary N) is 3. The van der Waals surface area contributed by atoms with E-state index in [1.54, 1.807) is 0 Å². The summed E-state index contributed by atoms with van der Waals surface area (Å²) in [6.45, 7) is 14.1. The number of carbonyl (C=O) groups is 1. The first-order valence-electron chi connectivity index (χ1n) is 8.76. The van der Waals surface area contributed by atoms with Crippen LogP contribution in [-0.2, 0) is 11.3 Å². The van der Waals surface area contributed by atoms with Gasteiger partial charge in [0.2, 0.25) is 0 Å². The van der Waals surface area contributed by atoms with E-state index in [4.69, 9.17) is 4.74 Å². The molecule has 0 aliphatic carbocycles. The Bertz CT molecular complexity index is 592. The Morgan fingerprint density at radius 1 is 1.12 bits per heavy atom. The molecule has 0 fully saturated rings. The highest BCUT2D eigenvalue weighted by atomic mass is 16.6. The second kappa shape index (κ2) is 9.91. The van der Waals surface area contributed by atoms with Crippen LogP contribution in [0.5, 0.6) is 0 Å². The lowest BCUT2D eigenvalue weighted by Gasteiger charge is -2.20. The number of alkyl carbamates (subject to hydrolysis) is 1. The van der Waals surface area contributed by atoms with Crippen molar-refractivity contribution in [2.75, 3.05) is 19.6 Å². The summed E-state index contributed by atoms with van der Waals surface area (Å²) in [5.41, 5.74) is 3.21. The van der Waals surface area contributed by atoms with Gasteiger partial charge in [0.25, 0.3) is 0 Å². The monoisotopic (exact) mass is 348 g/mol. The van der Waals surface area contributed by atoms with Gasteiger partial charge in [-0.15, -0.1) is 0 Å². The van der Waals surface area contributed by atoms with Gasteiger partial charge in [0.15, 0.2) is 5.96 Å². The molecule has 0 heterocycles. The normalized spacial score (nSPS) is 11.8. The Morgan fingerprint density at radius 3 is 2.40 bits per heavy atom. The second-order valence-electron chi connectivity index (χ2n) is 6.98. The predicted molar refractivity (Wildman–Crippen MR) is 103 cm³/mol. The Labute approximate surface area is 151 Å². The van der Waals surface area contributed by atoms with E-state index in [2.05, 4.69) is 53.0 Å². The van der Waals surface area contributed by atoms with Crippen molar-refractivity contribution in [3.63, 3.8) is 0 Å². The van der Waals surface area contributed by atoms with Crippen LogP contribution in [0.1, 0.15) is 44.4 Å². The van der Waals surface area contributed by atoms with Crippen LogP contribution < -0.4 is 16.0 Å². The van der Waals surface area contributed by atoms with Crippen molar-refractivity contribution in [2.45, 2.75) is 53.7 Å². The van der Waals surface area contributed by atoms with E-state index < -0.39 is 11.7 Å². The average Bonchev–Trinajstić information content (AvgIpc) is 2.48. The molecule has 0 bridgehead atoms. The van der Waals surface area contributed by atoms with Gasteiger partial charge < -0.3 is 20.7 Å². The molecule has 1 aromatic carbocycles. The standard InChI is InChI=1S/C19H32N4O2/c1-7-20-17(21-10-11-22-18(24)25-19(4,5)6)23-13-16-9-8-14(2)12-15(16)3/h8-9,12H,7,10-11,13H2,1-6H3,(H,22,24)(H2,20,21,23). The second-order valence-corrected chi connectivity index (χ2v) is 6.98. The summed E-state index contributed by atoms with van der Waals surface area (Å²) in [5.74, 6) is 0.730. The molecule has 3 N–H and O–H groups in total. The van der Waals surface area contributed by atoms with Crippen LogP contribution in [0.4, 0.5) is 4.79 Å². The number of aryl methyl sites for hydroxylation is 2. The summed E-state index contributed by atoms with van der Waals surface area (Å²) < 4.78 is 5.20. The summed E-state index contributed by atoms with van der Waals surface area (Å²) in [5, 5.41) is 9.13. The SMILES string of the molecule is CCNC(=NCc1ccc(C)cc1C)NCCNC(=O)OC(C)(C)C. The maximum Gasteiger partial charge on any atom is 0.407 e. The van der Waals surface area contributed by atoms with Crippen molar-refractivity contribution >= 4 is 12.1 Å². The number of benzene rings is 1. The van der Waals surface area contributed by atoms with Crippen molar-refractivity contribution in [3.05, 3.63) is 34.9 Å². The first-order valence-corrected chi connectivity index (χ1v) is 8.76. The fourth-order valence-electron chi connectivity index (χ4n) is 2.19. The molecule has 0 spiro atoms. The molecule has 0 saturated heterocycles. The van der Waals surface area contributed by atoms with Crippen LogP contribution in [0.25, 0.3) is 0 Å². The highest BCUT2D eigenvalue weighted by Gasteiger charge is 2.15. The number of hydrogen-bond donors (Lipinski definition) is 3. The van der Waals surface area contributed by atoms with Crippen LogP contribution in [-0.4, -0.2) is 37.3 Å². The molecule has 6 heteroatoms. The van der Waals surface area contributed by atoms with Crippen molar-refractivity contribution < 1.29 is 9.53 Å². The Kier molecular flexibility index (Phi) is 8.25. The first kappa shape index (κ1) is 20.8. The topological polar surface area (TPSA) is 74.8 Å². The zero-order chi connectivity index (χ0) is 18.9. The summed E-state index contributed by atoms with van der Waals surface area (Å²) >= 11 is 0. The third kappa shape index (κ3) is 8.98. The van der Waals surface area contributed by atoms with E-state index in [0.717, 1.165) is 12.5 Å². The van der Waals surface area contributed by atoms with Gasteiger partial charge in [-0.05, 0) is 52.7 Å². The number of ether oxygens (including phenoxy) is 1. The van der Waals surface area contributed by atoms with Gasteiger partial charge in [-0.2, -0.15) is 0 Å². The van der Waals surface area contributed by atoms with Gasteiger partial charge >= 0.3 is 6.09 Å². The highest BCUT2D eigenvalue weighted by Crippen LogP contribution is 2.11. The Balaban J connectivity index is 2.47. The zero-order valence-electron chi connectivity index (χ0n) is 16.3. The predicted octanol–water partition coefficient (Wildman–Crippen LogP) is 2.88. The molecule has 140 valence electrons. The van der Waals surface area contributed by atoms with E-state index in [1.165, 1.54) is 16.7 Å². The van der Waals surface area contributed by atoms with E-state index >= 15 is 0 Å². The number of carbonyl (C=O) groups excluding carboxylic acids is 1. The lowest BCUT2D eigenvalue weighted by Crippen LogP contribution is -2.42. The number of hydrogen-bond acceptors (Lipinski definition) is 3. The first-order chi connectivity index (χ1) is 11.7. The smallest absolute Gasteiger partial charge is 0.407 e. The minimum absolute atomic E-state index is 0.411. The molecule has 1 rings (SSSR count). The van der Waals surface area contributed by atoms with Crippen LogP contribution >= 0.6 is 0 Å². The van der Waals surface area contributed by atoms with Gasteiger partial charge in [0, 0.05) is 19.6 Å². The largest absolute Gasteiger partial charge is 0.444 e. The molecule has 6 nitrogen and oxygen atoms in total. The summed E-state index contributed by atoms with van der Waals surface area (Å²) in [6.07, 6.45) is -0.411. The molecule has 0 atom stereocenters. The number of nitrogens with zero attached hydrogens (tertiary/aromatic N) is 1. The Hall–Kier alpha value is -2.24. The molecule has 25 heavy (non-hydrogen) atoms. The molecule has 1 amide bonds. The molecule has 0 radical (unpaired) electrons. The molecular formula is C19H32N4O2. The molecule has 0 unspecified atom stereocenters. The number of aliphatic imine (C=N–C) groups is 1. The van der Waals surface area contributed by atoms with E-state index in [9.17, 15) is 4.79 Å². The molecule has 0 aliphatic rings. The number of amides is 1. The number of rotatable bonds is 6. The third-order valence-corrected chi connectivity index (χ3v) is 3.34. The summed E-state index contributed by atoms with van der Waals surface area (Å²) in [4.78, 5) is 16.2. The molecular weight excluding hydrogens is 316 g/mol. The van der Waals surface area contributed by atoms with Crippen molar-refractivity contribution in [1.29, 1.82) is 0 Å². The quantitative estimate of drug-likeness (QED) is 0.420. The van der Waals surface area contributed by atoms with Crippen LogP contribution in [0.2, 0.25) is 0 Å². The highest BCUT2D eigenvalue weighted by molar-refractivity contribution is 5.79. The lowest BCUT2D eigenvalue weighted by atomic mass is 10.1. The van der Waals surface area contributed by atoms with Crippen molar-refractivity contribution in [2.24, 2.45) is 4.99 Å². The van der Waals surface area contributed by atoms with Gasteiger partial charge in [0.05, 0.1) is 6.54 Å². The Morgan fingerprint density at radius 2 is 1.80 bits per heavy atom. The maximum atomic E-state index is 11.6. The molecule has 0 aromatic heterocycles. The van der Waals surface area contributed by atoms with Crippen molar-refractivity contribution in [3.8, 4) is 0 Å². The fourth-order valence-corrected chi connectivity index (χ4v) is 2.19. The van der Waals surface area contributed by atoms with Gasteiger partial charge in [-0.1, -0.05) is 23.8 Å². The zero-order valence-corrected chi connectivity index (χ0v) is 16.3. The van der Waals surface area contributed by atoms with Crippen LogP contribution in [0.15, 0.2) is 23.2 Å². The number of guanidine groups is 1. The fraction of sp³-hybridized carbons (Fsp3) is 0.579. The van der Waals surface area contributed by atoms with E-state index in [-0.39, 0.29) is 0 Å².